The number of hydrogen-bond acceptors (Lipinski definition) is 4. The highest BCUT2D eigenvalue weighted by molar-refractivity contribution is 5.76. The molecule has 0 radical (unpaired) electrons. The molecule has 2 aromatic rings. The fraction of sp³-hybridized carbons (Fsp3) is 0.294. The fourth-order valence-corrected chi connectivity index (χ4v) is 2.25. The Balaban J connectivity index is 2.66. The van der Waals surface area contributed by atoms with Gasteiger partial charge in [0, 0.05) is 11.6 Å². The number of benzene rings is 2. The Labute approximate surface area is 125 Å². The highest BCUT2D eigenvalue weighted by Crippen LogP contribution is 2.41. The van der Waals surface area contributed by atoms with Crippen LogP contribution in [0.15, 0.2) is 36.4 Å². The quantitative estimate of drug-likeness (QED) is 0.915. The number of rotatable bonds is 5. The van der Waals surface area contributed by atoms with Crippen LogP contribution in [0, 0.1) is 0 Å². The van der Waals surface area contributed by atoms with Gasteiger partial charge >= 0.3 is 0 Å². The highest BCUT2D eigenvalue weighted by Gasteiger charge is 2.16. The van der Waals surface area contributed by atoms with Crippen LogP contribution in [0.25, 0.3) is 11.1 Å². The molecule has 0 saturated heterocycles. The summed E-state index contributed by atoms with van der Waals surface area (Å²) in [6.07, 6.45) is 0. The van der Waals surface area contributed by atoms with Crippen molar-refractivity contribution < 1.29 is 14.2 Å². The molecule has 2 N–H and O–H groups in total. The predicted molar refractivity (Wildman–Crippen MR) is 84.1 cm³/mol. The van der Waals surface area contributed by atoms with E-state index in [0.29, 0.717) is 11.5 Å². The summed E-state index contributed by atoms with van der Waals surface area (Å²) in [4.78, 5) is 0. The van der Waals surface area contributed by atoms with Gasteiger partial charge < -0.3 is 19.9 Å². The normalized spacial score (nSPS) is 11.9. The minimum Gasteiger partial charge on any atom is -0.497 e. The zero-order valence-corrected chi connectivity index (χ0v) is 12.8. The summed E-state index contributed by atoms with van der Waals surface area (Å²) in [5.41, 5.74) is 8.93. The molecular weight excluding hydrogens is 266 g/mol. The van der Waals surface area contributed by atoms with Crippen molar-refractivity contribution in [3.8, 4) is 28.4 Å². The highest BCUT2D eigenvalue weighted by atomic mass is 16.5. The van der Waals surface area contributed by atoms with Crippen molar-refractivity contribution in [1.82, 2.24) is 0 Å². The summed E-state index contributed by atoms with van der Waals surface area (Å²) in [5.74, 6) is 2.15. The Morgan fingerprint density at radius 1 is 0.952 bits per heavy atom. The Morgan fingerprint density at radius 2 is 1.71 bits per heavy atom. The smallest absolute Gasteiger partial charge is 0.168 e. The molecule has 0 aliphatic rings. The monoisotopic (exact) mass is 287 g/mol. The standard InChI is InChI=1S/C17H21NO3/c1-11(18)13-9-15(17(21-4)16(10-13)20-3)12-6-5-7-14(8-12)19-2/h5-11H,18H2,1-4H3. The first-order chi connectivity index (χ1) is 10.1. The van der Waals surface area contributed by atoms with Gasteiger partial charge in [-0.15, -0.1) is 0 Å². The minimum absolute atomic E-state index is 0.0887. The molecule has 21 heavy (non-hydrogen) atoms. The van der Waals surface area contributed by atoms with Crippen molar-refractivity contribution in [2.75, 3.05) is 21.3 Å². The lowest BCUT2D eigenvalue weighted by atomic mass is 9.98. The van der Waals surface area contributed by atoms with Crippen LogP contribution in [0.3, 0.4) is 0 Å². The first kappa shape index (κ1) is 15.2. The maximum atomic E-state index is 6.01. The van der Waals surface area contributed by atoms with Gasteiger partial charge in [0.2, 0.25) is 0 Å². The predicted octanol–water partition coefficient (Wildman–Crippen LogP) is 3.40. The lowest BCUT2D eigenvalue weighted by Gasteiger charge is -2.17. The number of methoxy groups -OCH3 is 3. The third-order valence-corrected chi connectivity index (χ3v) is 3.41. The van der Waals surface area contributed by atoms with Gasteiger partial charge in [-0.05, 0) is 42.3 Å². The largest absolute Gasteiger partial charge is 0.497 e. The number of hydrogen-bond donors (Lipinski definition) is 1. The van der Waals surface area contributed by atoms with Crippen LogP contribution < -0.4 is 19.9 Å². The molecule has 2 aromatic carbocycles. The van der Waals surface area contributed by atoms with E-state index in [9.17, 15) is 0 Å². The van der Waals surface area contributed by atoms with Gasteiger partial charge in [-0.25, -0.2) is 0 Å². The molecule has 0 saturated carbocycles. The van der Waals surface area contributed by atoms with Gasteiger partial charge in [0.25, 0.3) is 0 Å². The first-order valence-corrected chi connectivity index (χ1v) is 6.76. The average molecular weight is 287 g/mol. The molecule has 0 fully saturated rings. The summed E-state index contributed by atoms with van der Waals surface area (Å²) in [5, 5.41) is 0. The van der Waals surface area contributed by atoms with Gasteiger partial charge in [0.05, 0.1) is 21.3 Å². The molecule has 0 heterocycles. The maximum absolute atomic E-state index is 6.01. The molecule has 0 aliphatic carbocycles. The average Bonchev–Trinajstić information content (AvgIpc) is 2.53. The lowest BCUT2D eigenvalue weighted by molar-refractivity contribution is 0.355. The molecule has 4 nitrogen and oxygen atoms in total. The van der Waals surface area contributed by atoms with Crippen molar-refractivity contribution in [3.05, 3.63) is 42.0 Å². The van der Waals surface area contributed by atoms with E-state index in [1.807, 2.05) is 43.3 Å². The second kappa shape index (κ2) is 6.50. The molecule has 0 bridgehead atoms. The summed E-state index contributed by atoms with van der Waals surface area (Å²) in [7, 11) is 4.90. The van der Waals surface area contributed by atoms with Crippen molar-refractivity contribution in [2.24, 2.45) is 5.73 Å². The van der Waals surface area contributed by atoms with Crippen LogP contribution >= 0.6 is 0 Å². The second-order valence-corrected chi connectivity index (χ2v) is 4.82. The number of ether oxygens (including phenoxy) is 3. The van der Waals surface area contributed by atoms with E-state index < -0.39 is 0 Å². The van der Waals surface area contributed by atoms with Crippen LogP contribution in [0.5, 0.6) is 17.2 Å². The van der Waals surface area contributed by atoms with E-state index in [1.165, 1.54) is 0 Å². The summed E-state index contributed by atoms with van der Waals surface area (Å²) < 4.78 is 16.2. The van der Waals surface area contributed by atoms with E-state index >= 15 is 0 Å². The van der Waals surface area contributed by atoms with E-state index in [2.05, 4.69) is 0 Å². The third-order valence-electron chi connectivity index (χ3n) is 3.41. The first-order valence-electron chi connectivity index (χ1n) is 6.76. The van der Waals surface area contributed by atoms with Crippen LogP contribution in [0.1, 0.15) is 18.5 Å². The van der Waals surface area contributed by atoms with Crippen molar-refractivity contribution in [1.29, 1.82) is 0 Å². The van der Waals surface area contributed by atoms with E-state index in [0.717, 1.165) is 22.4 Å². The van der Waals surface area contributed by atoms with Crippen LogP contribution in [-0.2, 0) is 0 Å². The third kappa shape index (κ3) is 3.11. The maximum Gasteiger partial charge on any atom is 0.168 e. The van der Waals surface area contributed by atoms with Crippen molar-refractivity contribution in [3.63, 3.8) is 0 Å². The van der Waals surface area contributed by atoms with E-state index in [1.54, 1.807) is 21.3 Å². The fourth-order valence-electron chi connectivity index (χ4n) is 2.25. The zero-order valence-electron chi connectivity index (χ0n) is 12.8. The SMILES string of the molecule is COc1cccc(-c2cc(C(C)N)cc(OC)c2OC)c1. The van der Waals surface area contributed by atoms with E-state index in [-0.39, 0.29) is 6.04 Å². The molecule has 4 heteroatoms. The van der Waals surface area contributed by atoms with Gasteiger partial charge in [0.1, 0.15) is 5.75 Å². The van der Waals surface area contributed by atoms with Crippen LogP contribution in [0.2, 0.25) is 0 Å². The Kier molecular flexibility index (Phi) is 4.70. The van der Waals surface area contributed by atoms with Gasteiger partial charge in [-0.1, -0.05) is 12.1 Å². The summed E-state index contributed by atoms with van der Waals surface area (Å²) >= 11 is 0. The molecule has 1 atom stereocenters. The topological polar surface area (TPSA) is 53.7 Å². The molecule has 0 spiro atoms. The van der Waals surface area contributed by atoms with Gasteiger partial charge in [-0.2, -0.15) is 0 Å². The summed E-state index contributed by atoms with van der Waals surface area (Å²) in [6.45, 7) is 1.94. The van der Waals surface area contributed by atoms with Crippen LogP contribution in [-0.4, -0.2) is 21.3 Å². The van der Waals surface area contributed by atoms with Crippen LogP contribution in [0.4, 0.5) is 0 Å². The molecule has 112 valence electrons. The lowest BCUT2D eigenvalue weighted by Crippen LogP contribution is -2.06. The van der Waals surface area contributed by atoms with Crippen molar-refractivity contribution >= 4 is 0 Å². The molecule has 0 aliphatic heterocycles. The molecule has 0 aromatic heterocycles. The summed E-state index contributed by atoms with van der Waals surface area (Å²) in [6, 6.07) is 11.7. The minimum atomic E-state index is -0.0887. The molecule has 2 rings (SSSR count). The number of nitrogens with two attached hydrogens (primary N) is 1. The Bertz CT molecular complexity index is 623. The van der Waals surface area contributed by atoms with Gasteiger partial charge in [-0.3, -0.25) is 0 Å². The van der Waals surface area contributed by atoms with Crippen molar-refractivity contribution in [2.45, 2.75) is 13.0 Å². The van der Waals surface area contributed by atoms with Gasteiger partial charge in [0.15, 0.2) is 11.5 Å². The Hall–Kier alpha value is -2.20. The molecule has 0 amide bonds. The Morgan fingerprint density at radius 3 is 2.29 bits per heavy atom. The molecule has 1 unspecified atom stereocenters. The molecular formula is C17H21NO3. The second-order valence-electron chi connectivity index (χ2n) is 4.82. The zero-order chi connectivity index (χ0) is 15.4. The van der Waals surface area contributed by atoms with E-state index in [4.69, 9.17) is 19.9 Å².